The van der Waals surface area contributed by atoms with Crippen molar-refractivity contribution in [2.24, 2.45) is 0 Å². The molecular weight excluding hydrogens is 212 g/mol. The highest BCUT2D eigenvalue weighted by atomic mass is 19.3. The van der Waals surface area contributed by atoms with Crippen molar-refractivity contribution in [2.75, 3.05) is 13.1 Å². The number of rotatable bonds is 3. The Morgan fingerprint density at radius 2 is 2.25 bits per heavy atom. The molecule has 2 rings (SSSR count). The first-order chi connectivity index (χ1) is 7.55. The Bertz CT molecular complexity index is 356. The number of ether oxygens (including phenoxy) is 1. The third-order valence-corrected chi connectivity index (χ3v) is 2.66. The normalized spacial score (nSPS) is 21.1. The zero-order chi connectivity index (χ0) is 11.6. The van der Waals surface area contributed by atoms with Crippen molar-refractivity contribution in [3.8, 4) is 5.75 Å². The van der Waals surface area contributed by atoms with Crippen molar-refractivity contribution >= 4 is 0 Å². The van der Waals surface area contributed by atoms with Crippen LogP contribution in [-0.2, 0) is 5.92 Å². The fourth-order valence-corrected chi connectivity index (χ4v) is 1.76. The molecule has 1 saturated heterocycles. The Hall–Kier alpha value is -1.16. The minimum atomic E-state index is -2.81. The molecular formula is C12H15F2NO. The SMILES string of the molecule is CC(F)(F)c1cccc(OC2CCNC2)c1. The molecule has 1 aliphatic rings. The van der Waals surface area contributed by atoms with Gasteiger partial charge in [0.25, 0.3) is 5.92 Å². The number of hydrogen-bond donors (Lipinski definition) is 1. The van der Waals surface area contributed by atoms with Crippen LogP contribution in [0.5, 0.6) is 5.75 Å². The van der Waals surface area contributed by atoms with Crippen molar-refractivity contribution < 1.29 is 13.5 Å². The first-order valence-corrected chi connectivity index (χ1v) is 5.41. The van der Waals surface area contributed by atoms with Crippen LogP contribution in [0.4, 0.5) is 8.78 Å². The lowest BCUT2D eigenvalue weighted by Crippen LogP contribution is -2.19. The summed E-state index contributed by atoms with van der Waals surface area (Å²) in [5.74, 6) is -2.29. The lowest BCUT2D eigenvalue weighted by molar-refractivity contribution is 0.0171. The first-order valence-electron chi connectivity index (χ1n) is 5.41. The number of nitrogens with one attached hydrogen (secondary N) is 1. The van der Waals surface area contributed by atoms with Crippen LogP contribution >= 0.6 is 0 Å². The third-order valence-electron chi connectivity index (χ3n) is 2.66. The average Bonchev–Trinajstić information content (AvgIpc) is 2.70. The monoisotopic (exact) mass is 227 g/mol. The fourth-order valence-electron chi connectivity index (χ4n) is 1.76. The van der Waals surface area contributed by atoms with Crippen molar-refractivity contribution in [2.45, 2.75) is 25.4 Å². The van der Waals surface area contributed by atoms with Gasteiger partial charge in [-0.05, 0) is 25.1 Å². The Kier molecular flexibility index (Phi) is 3.10. The van der Waals surface area contributed by atoms with Crippen LogP contribution in [0, 0.1) is 0 Å². The fraction of sp³-hybridized carbons (Fsp3) is 0.500. The summed E-state index contributed by atoms with van der Waals surface area (Å²) in [6.45, 7) is 2.60. The summed E-state index contributed by atoms with van der Waals surface area (Å²) in [4.78, 5) is 0. The van der Waals surface area contributed by atoms with Gasteiger partial charge in [0.1, 0.15) is 11.9 Å². The zero-order valence-corrected chi connectivity index (χ0v) is 9.17. The number of alkyl halides is 2. The van der Waals surface area contributed by atoms with Gasteiger partial charge in [0.05, 0.1) is 0 Å². The molecule has 0 radical (unpaired) electrons. The average molecular weight is 227 g/mol. The van der Waals surface area contributed by atoms with Gasteiger partial charge < -0.3 is 10.1 Å². The van der Waals surface area contributed by atoms with E-state index in [1.54, 1.807) is 12.1 Å². The molecule has 0 bridgehead atoms. The summed E-state index contributed by atoms with van der Waals surface area (Å²) in [7, 11) is 0. The second-order valence-electron chi connectivity index (χ2n) is 4.15. The van der Waals surface area contributed by atoms with Gasteiger partial charge in [0, 0.05) is 19.0 Å². The molecule has 0 spiro atoms. The summed E-state index contributed by atoms with van der Waals surface area (Å²) >= 11 is 0. The van der Waals surface area contributed by atoms with Crippen LogP contribution in [-0.4, -0.2) is 19.2 Å². The Morgan fingerprint density at radius 1 is 1.44 bits per heavy atom. The topological polar surface area (TPSA) is 21.3 Å². The standard InChI is InChI=1S/C12H15F2NO/c1-12(13,14)9-3-2-4-10(7-9)16-11-5-6-15-8-11/h2-4,7,11,15H,5-6,8H2,1H3. The molecule has 0 aromatic heterocycles. The predicted molar refractivity (Wildman–Crippen MR) is 57.9 cm³/mol. The van der Waals surface area contributed by atoms with Gasteiger partial charge in [0.15, 0.2) is 0 Å². The van der Waals surface area contributed by atoms with Crippen molar-refractivity contribution in [1.29, 1.82) is 0 Å². The van der Waals surface area contributed by atoms with Crippen LogP contribution in [0.1, 0.15) is 18.9 Å². The molecule has 1 N–H and O–H groups in total. The molecule has 1 heterocycles. The minimum absolute atomic E-state index is 0.00374. The lowest BCUT2D eigenvalue weighted by Gasteiger charge is -2.15. The second-order valence-corrected chi connectivity index (χ2v) is 4.15. The van der Waals surface area contributed by atoms with Crippen LogP contribution in [0.2, 0.25) is 0 Å². The van der Waals surface area contributed by atoms with E-state index in [-0.39, 0.29) is 11.7 Å². The molecule has 16 heavy (non-hydrogen) atoms. The second kappa shape index (κ2) is 4.37. The predicted octanol–water partition coefficient (Wildman–Crippen LogP) is 2.54. The van der Waals surface area contributed by atoms with Gasteiger partial charge in [0.2, 0.25) is 0 Å². The van der Waals surface area contributed by atoms with E-state index in [0.717, 1.165) is 26.4 Å². The highest BCUT2D eigenvalue weighted by Gasteiger charge is 2.25. The molecule has 4 heteroatoms. The molecule has 1 aliphatic heterocycles. The summed E-state index contributed by atoms with van der Waals surface area (Å²) in [6.07, 6.45) is 1.02. The number of hydrogen-bond acceptors (Lipinski definition) is 2. The van der Waals surface area contributed by atoms with E-state index < -0.39 is 5.92 Å². The van der Waals surface area contributed by atoms with Gasteiger partial charge >= 0.3 is 0 Å². The van der Waals surface area contributed by atoms with Gasteiger partial charge in [-0.15, -0.1) is 0 Å². The smallest absolute Gasteiger partial charge is 0.270 e. The van der Waals surface area contributed by atoms with Crippen molar-refractivity contribution in [1.82, 2.24) is 5.32 Å². The van der Waals surface area contributed by atoms with Crippen LogP contribution < -0.4 is 10.1 Å². The Balaban J connectivity index is 2.09. The van der Waals surface area contributed by atoms with Gasteiger partial charge in [-0.25, -0.2) is 8.78 Å². The van der Waals surface area contributed by atoms with Gasteiger partial charge in [-0.1, -0.05) is 12.1 Å². The van der Waals surface area contributed by atoms with E-state index in [4.69, 9.17) is 4.74 Å². The van der Waals surface area contributed by atoms with E-state index >= 15 is 0 Å². The van der Waals surface area contributed by atoms with E-state index in [1.165, 1.54) is 12.1 Å². The van der Waals surface area contributed by atoms with Crippen molar-refractivity contribution in [3.05, 3.63) is 29.8 Å². The Labute approximate surface area is 93.6 Å². The maximum Gasteiger partial charge on any atom is 0.270 e. The molecule has 0 aliphatic carbocycles. The lowest BCUT2D eigenvalue weighted by atomic mass is 10.1. The van der Waals surface area contributed by atoms with Gasteiger partial charge in [-0.2, -0.15) is 0 Å². The molecule has 1 aromatic carbocycles. The molecule has 1 atom stereocenters. The van der Waals surface area contributed by atoms with Crippen molar-refractivity contribution in [3.63, 3.8) is 0 Å². The van der Waals surface area contributed by atoms with Gasteiger partial charge in [-0.3, -0.25) is 0 Å². The zero-order valence-electron chi connectivity index (χ0n) is 9.17. The molecule has 1 fully saturated rings. The number of benzene rings is 1. The quantitative estimate of drug-likeness (QED) is 0.856. The summed E-state index contributed by atoms with van der Waals surface area (Å²) < 4.78 is 31.8. The molecule has 88 valence electrons. The summed E-state index contributed by atoms with van der Waals surface area (Å²) in [6, 6.07) is 6.15. The molecule has 0 saturated carbocycles. The van der Waals surface area contributed by atoms with E-state index in [9.17, 15) is 8.78 Å². The Morgan fingerprint density at radius 3 is 2.88 bits per heavy atom. The number of halogens is 2. The molecule has 1 aromatic rings. The largest absolute Gasteiger partial charge is 0.489 e. The summed E-state index contributed by atoms with van der Waals surface area (Å²) in [5, 5.41) is 3.16. The molecule has 0 amide bonds. The van der Waals surface area contributed by atoms with E-state index in [1.807, 2.05) is 0 Å². The maximum absolute atomic E-state index is 13.1. The molecule has 2 nitrogen and oxygen atoms in total. The van der Waals surface area contributed by atoms with Crippen LogP contribution in [0.25, 0.3) is 0 Å². The highest BCUT2D eigenvalue weighted by Crippen LogP contribution is 2.29. The third kappa shape index (κ3) is 2.70. The van der Waals surface area contributed by atoms with Crippen LogP contribution in [0.3, 0.4) is 0 Å². The minimum Gasteiger partial charge on any atom is -0.489 e. The van der Waals surface area contributed by atoms with Crippen LogP contribution in [0.15, 0.2) is 24.3 Å². The van der Waals surface area contributed by atoms with E-state index in [0.29, 0.717) is 5.75 Å². The molecule has 1 unspecified atom stereocenters. The maximum atomic E-state index is 13.1. The summed E-state index contributed by atoms with van der Waals surface area (Å²) in [5.41, 5.74) is -0.00374. The van der Waals surface area contributed by atoms with E-state index in [2.05, 4.69) is 5.32 Å². The first kappa shape index (κ1) is 11.3. The highest BCUT2D eigenvalue weighted by molar-refractivity contribution is 5.31.